The van der Waals surface area contributed by atoms with Crippen LogP contribution in [-0.4, -0.2) is 51.8 Å². The molecule has 9 nitrogen and oxygen atoms in total. The highest BCUT2D eigenvalue weighted by atomic mass is 19.4. The summed E-state index contributed by atoms with van der Waals surface area (Å²) in [5.74, 6) is -1.00. The van der Waals surface area contributed by atoms with E-state index < -0.39 is 29.6 Å². The number of amides is 2. The molecule has 1 aliphatic heterocycles. The van der Waals surface area contributed by atoms with Crippen molar-refractivity contribution >= 4 is 23.3 Å². The van der Waals surface area contributed by atoms with Gasteiger partial charge >= 0.3 is 6.18 Å². The van der Waals surface area contributed by atoms with Crippen LogP contribution in [0.25, 0.3) is 0 Å². The maximum absolute atomic E-state index is 13.3. The van der Waals surface area contributed by atoms with Gasteiger partial charge in [0.25, 0.3) is 11.8 Å². The van der Waals surface area contributed by atoms with Gasteiger partial charge in [-0.25, -0.2) is 4.98 Å². The number of benzene rings is 1. The fraction of sp³-hybridized carbons (Fsp3) is 0.250. The fourth-order valence-corrected chi connectivity index (χ4v) is 3.43. The number of ether oxygens (including phenoxy) is 1. The molecule has 0 aliphatic carbocycles. The molecule has 4 rings (SSSR count). The van der Waals surface area contributed by atoms with Crippen molar-refractivity contribution in [2.45, 2.75) is 12.2 Å². The summed E-state index contributed by atoms with van der Waals surface area (Å²) in [5.41, 5.74) is -0.567. The summed E-state index contributed by atoms with van der Waals surface area (Å²) >= 11 is 0. The van der Waals surface area contributed by atoms with Gasteiger partial charge in [0.15, 0.2) is 5.82 Å². The lowest BCUT2D eigenvalue weighted by Gasteiger charge is -2.33. The molecule has 12 heteroatoms. The monoisotopic (exact) mass is 446 g/mol. The van der Waals surface area contributed by atoms with Crippen LogP contribution >= 0.6 is 0 Å². The number of halogens is 3. The topological polar surface area (TPSA) is 102 Å². The number of alkyl halides is 3. The Morgan fingerprint density at radius 3 is 2.59 bits per heavy atom. The van der Waals surface area contributed by atoms with Gasteiger partial charge in [-0.2, -0.15) is 18.3 Å². The van der Waals surface area contributed by atoms with Gasteiger partial charge in [-0.15, -0.1) is 0 Å². The summed E-state index contributed by atoms with van der Waals surface area (Å²) in [6.45, 7) is 0.280. The number of carbonyl (C=O) groups is 2. The number of hydrogen-bond donors (Lipinski definition) is 1. The number of nitrogens with zero attached hydrogens (tertiary/aromatic N) is 5. The van der Waals surface area contributed by atoms with E-state index in [-0.39, 0.29) is 35.9 Å². The van der Waals surface area contributed by atoms with Crippen molar-refractivity contribution in [3.8, 4) is 0 Å². The zero-order chi connectivity index (χ0) is 22.9. The highest BCUT2D eigenvalue weighted by molar-refractivity contribution is 6.15. The first-order chi connectivity index (χ1) is 15.3. The van der Waals surface area contributed by atoms with Crippen molar-refractivity contribution < 1.29 is 27.5 Å². The van der Waals surface area contributed by atoms with Crippen LogP contribution < -0.4 is 10.2 Å². The van der Waals surface area contributed by atoms with Crippen molar-refractivity contribution in [2.75, 3.05) is 30.5 Å². The molecule has 2 amide bonds. The standard InChI is InChI=1S/C20H17F3N6O3/c1-32-11-14-10-28(13-4-2-12(3-5-13)20(21,22)23)19(31)17-15(8-26-29(14)17)18(30)27-16-9-24-6-7-25-16/h2-9,14H,10-11H2,1H3,(H,25,27,30)/t14-/m0/s1. The SMILES string of the molecule is COC[C@@H]1CN(c2ccc(C(F)(F)F)cc2)C(=O)c2c(C(=O)Nc3cnccn3)cnn21. The first-order valence-corrected chi connectivity index (χ1v) is 9.42. The van der Waals surface area contributed by atoms with Gasteiger partial charge in [-0.3, -0.25) is 19.3 Å². The van der Waals surface area contributed by atoms with E-state index in [1.165, 1.54) is 53.6 Å². The number of aromatic nitrogens is 4. The van der Waals surface area contributed by atoms with E-state index in [0.717, 1.165) is 12.1 Å². The predicted molar refractivity (Wildman–Crippen MR) is 106 cm³/mol. The second kappa shape index (κ2) is 8.38. The number of anilines is 2. The van der Waals surface area contributed by atoms with Crippen molar-refractivity contribution in [2.24, 2.45) is 0 Å². The molecule has 0 spiro atoms. The molecule has 0 unspecified atom stereocenters. The lowest BCUT2D eigenvalue weighted by molar-refractivity contribution is -0.137. The summed E-state index contributed by atoms with van der Waals surface area (Å²) in [5, 5.41) is 6.74. The molecule has 166 valence electrons. The Kier molecular flexibility index (Phi) is 5.61. The van der Waals surface area contributed by atoms with Crippen LogP contribution in [-0.2, 0) is 10.9 Å². The summed E-state index contributed by atoms with van der Waals surface area (Å²) in [6.07, 6.45) is 0.955. The Labute approximate surface area is 179 Å². The van der Waals surface area contributed by atoms with E-state index in [0.29, 0.717) is 0 Å². The molecule has 0 saturated carbocycles. The highest BCUT2D eigenvalue weighted by Crippen LogP contribution is 2.33. The molecule has 1 aliphatic rings. The van der Waals surface area contributed by atoms with E-state index in [1.807, 2.05) is 0 Å². The van der Waals surface area contributed by atoms with Gasteiger partial charge in [0, 0.05) is 25.2 Å². The first kappa shape index (κ1) is 21.4. The quantitative estimate of drug-likeness (QED) is 0.647. The fourth-order valence-electron chi connectivity index (χ4n) is 3.43. The molecule has 3 heterocycles. The number of nitrogens with one attached hydrogen (secondary N) is 1. The molecule has 1 N–H and O–H groups in total. The Morgan fingerprint density at radius 1 is 1.22 bits per heavy atom. The van der Waals surface area contributed by atoms with Crippen molar-refractivity contribution in [3.05, 3.63) is 65.9 Å². The normalized spacial score (nSPS) is 16.1. The van der Waals surface area contributed by atoms with E-state index in [9.17, 15) is 22.8 Å². The van der Waals surface area contributed by atoms with Crippen molar-refractivity contribution in [1.82, 2.24) is 19.7 Å². The average Bonchev–Trinajstić information content (AvgIpc) is 3.22. The lowest BCUT2D eigenvalue weighted by atomic mass is 10.1. The Hall–Kier alpha value is -3.80. The number of methoxy groups -OCH3 is 1. The smallest absolute Gasteiger partial charge is 0.382 e. The molecular weight excluding hydrogens is 429 g/mol. The molecule has 2 aromatic heterocycles. The average molecular weight is 446 g/mol. The third-order valence-corrected chi connectivity index (χ3v) is 4.90. The van der Waals surface area contributed by atoms with Crippen LogP contribution in [0.15, 0.2) is 49.1 Å². The lowest BCUT2D eigenvalue weighted by Crippen LogP contribution is -2.45. The maximum atomic E-state index is 13.3. The number of fused-ring (bicyclic) bond motifs is 1. The Balaban J connectivity index is 1.69. The van der Waals surface area contributed by atoms with Crippen LogP contribution in [0.5, 0.6) is 0 Å². The second-order valence-electron chi connectivity index (χ2n) is 6.97. The third kappa shape index (κ3) is 4.04. The molecule has 3 aromatic rings. The van der Waals surface area contributed by atoms with Crippen molar-refractivity contribution in [1.29, 1.82) is 0 Å². The summed E-state index contributed by atoms with van der Waals surface area (Å²) in [6, 6.07) is 3.79. The first-order valence-electron chi connectivity index (χ1n) is 9.42. The maximum Gasteiger partial charge on any atom is 0.416 e. The third-order valence-electron chi connectivity index (χ3n) is 4.90. The molecule has 0 radical (unpaired) electrons. The predicted octanol–water partition coefficient (Wildman–Crippen LogP) is 2.79. The summed E-state index contributed by atoms with van der Waals surface area (Å²) in [7, 11) is 1.48. The van der Waals surface area contributed by atoms with E-state index >= 15 is 0 Å². The van der Waals surface area contributed by atoms with E-state index in [1.54, 1.807) is 0 Å². The minimum absolute atomic E-state index is 0.000381. The van der Waals surface area contributed by atoms with Crippen LogP contribution in [0.1, 0.15) is 32.5 Å². The minimum atomic E-state index is -4.49. The van der Waals surface area contributed by atoms with E-state index in [2.05, 4.69) is 20.4 Å². The molecular formula is C20H17F3N6O3. The molecule has 1 aromatic carbocycles. The molecule has 0 bridgehead atoms. The second-order valence-corrected chi connectivity index (χ2v) is 6.97. The Morgan fingerprint density at radius 2 is 1.97 bits per heavy atom. The van der Waals surface area contributed by atoms with Gasteiger partial charge in [-0.1, -0.05) is 0 Å². The molecule has 32 heavy (non-hydrogen) atoms. The number of rotatable bonds is 5. The van der Waals surface area contributed by atoms with Gasteiger partial charge in [0.1, 0.15) is 5.69 Å². The van der Waals surface area contributed by atoms with E-state index in [4.69, 9.17) is 4.74 Å². The zero-order valence-electron chi connectivity index (χ0n) is 16.7. The van der Waals surface area contributed by atoms with Crippen LogP contribution in [0.2, 0.25) is 0 Å². The van der Waals surface area contributed by atoms with Gasteiger partial charge < -0.3 is 15.0 Å². The molecule has 0 saturated heterocycles. The molecule has 0 fully saturated rings. The van der Waals surface area contributed by atoms with Gasteiger partial charge in [0.2, 0.25) is 0 Å². The minimum Gasteiger partial charge on any atom is -0.382 e. The van der Waals surface area contributed by atoms with Crippen LogP contribution in [0, 0.1) is 0 Å². The van der Waals surface area contributed by atoms with Gasteiger partial charge in [0.05, 0.1) is 42.7 Å². The zero-order valence-corrected chi connectivity index (χ0v) is 16.7. The van der Waals surface area contributed by atoms with Crippen LogP contribution in [0.3, 0.4) is 0 Å². The summed E-state index contributed by atoms with van der Waals surface area (Å²) < 4.78 is 45.4. The van der Waals surface area contributed by atoms with Gasteiger partial charge in [-0.05, 0) is 24.3 Å². The van der Waals surface area contributed by atoms with Crippen molar-refractivity contribution in [3.63, 3.8) is 0 Å². The summed E-state index contributed by atoms with van der Waals surface area (Å²) in [4.78, 5) is 35.2. The Bertz CT molecular complexity index is 1130. The number of hydrogen-bond acceptors (Lipinski definition) is 6. The largest absolute Gasteiger partial charge is 0.416 e. The number of carbonyl (C=O) groups excluding carboxylic acids is 2. The van der Waals surface area contributed by atoms with Crippen LogP contribution in [0.4, 0.5) is 24.7 Å². The molecule has 1 atom stereocenters. The highest BCUT2D eigenvalue weighted by Gasteiger charge is 2.37.